The predicted octanol–water partition coefficient (Wildman–Crippen LogP) is 5.63. The molecule has 1 aromatic carbocycles. The number of benzene rings is 1. The van der Waals surface area contributed by atoms with Gasteiger partial charge < -0.3 is 4.52 Å². The summed E-state index contributed by atoms with van der Waals surface area (Å²) in [5.74, 6) is 0. The van der Waals surface area contributed by atoms with Crippen LogP contribution in [0.2, 0.25) is 0 Å². The van der Waals surface area contributed by atoms with Gasteiger partial charge in [-0.25, -0.2) is 4.67 Å². The number of hydrogen-bond donors (Lipinski definition) is 0. The van der Waals surface area contributed by atoms with E-state index in [9.17, 15) is 4.57 Å². The normalized spacial score (nSPS) is 28.0. The van der Waals surface area contributed by atoms with Gasteiger partial charge >= 0.3 is 0 Å². The lowest BCUT2D eigenvalue weighted by molar-refractivity contribution is 0.122. The highest BCUT2D eigenvalue weighted by molar-refractivity contribution is 7.57. The minimum atomic E-state index is -2.86. The van der Waals surface area contributed by atoms with Crippen LogP contribution in [-0.2, 0) is 9.09 Å². The van der Waals surface area contributed by atoms with Crippen LogP contribution in [0.4, 0.5) is 0 Å². The molecule has 1 heterocycles. The SMILES string of the molecule is CCCC[C@@H](c1ccccc1)[P@@]1(=O)O[C@@H](C)CCN1C(C)C. The van der Waals surface area contributed by atoms with Crippen LogP contribution in [0, 0.1) is 0 Å². The van der Waals surface area contributed by atoms with E-state index < -0.39 is 7.52 Å². The Balaban J connectivity index is 2.39. The topological polar surface area (TPSA) is 29.5 Å². The average Bonchev–Trinajstić information content (AvgIpc) is 2.48. The van der Waals surface area contributed by atoms with Crippen molar-refractivity contribution in [3.63, 3.8) is 0 Å². The highest BCUT2D eigenvalue weighted by atomic mass is 31.2. The maximum Gasteiger partial charge on any atom is 0.280 e. The third kappa shape index (κ3) is 3.82. The predicted molar refractivity (Wildman–Crippen MR) is 93.3 cm³/mol. The van der Waals surface area contributed by atoms with Crippen molar-refractivity contribution in [2.75, 3.05) is 6.54 Å². The van der Waals surface area contributed by atoms with Crippen LogP contribution in [0.5, 0.6) is 0 Å². The van der Waals surface area contributed by atoms with Crippen molar-refractivity contribution < 1.29 is 9.09 Å². The molecule has 0 N–H and O–H groups in total. The maximum absolute atomic E-state index is 13.9. The Labute approximate surface area is 135 Å². The Hall–Kier alpha value is -0.630. The Morgan fingerprint density at radius 1 is 1.32 bits per heavy atom. The van der Waals surface area contributed by atoms with Gasteiger partial charge in [0.25, 0.3) is 7.52 Å². The highest BCUT2D eigenvalue weighted by Gasteiger charge is 2.45. The van der Waals surface area contributed by atoms with Crippen molar-refractivity contribution in [2.24, 2.45) is 0 Å². The molecule has 0 aliphatic carbocycles. The van der Waals surface area contributed by atoms with Crippen molar-refractivity contribution >= 4 is 7.52 Å². The summed E-state index contributed by atoms with van der Waals surface area (Å²) in [5, 5.41) is 0. The monoisotopic (exact) mass is 323 g/mol. The van der Waals surface area contributed by atoms with Crippen LogP contribution in [0.3, 0.4) is 0 Å². The third-order valence-electron chi connectivity index (χ3n) is 4.46. The van der Waals surface area contributed by atoms with Gasteiger partial charge in [0.05, 0.1) is 11.8 Å². The first-order chi connectivity index (χ1) is 10.5. The second-order valence-corrected chi connectivity index (χ2v) is 9.07. The number of rotatable bonds is 6. The Morgan fingerprint density at radius 3 is 2.59 bits per heavy atom. The molecule has 0 spiro atoms. The molecule has 3 nitrogen and oxygen atoms in total. The van der Waals surface area contributed by atoms with E-state index in [0.29, 0.717) is 0 Å². The smallest absolute Gasteiger partial charge is 0.280 e. The molecule has 1 fully saturated rings. The van der Waals surface area contributed by atoms with Gasteiger partial charge in [0, 0.05) is 12.6 Å². The van der Waals surface area contributed by atoms with Gasteiger partial charge in [-0.05, 0) is 39.2 Å². The van der Waals surface area contributed by atoms with Crippen molar-refractivity contribution in [3.05, 3.63) is 35.9 Å². The summed E-state index contributed by atoms with van der Waals surface area (Å²) < 4.78 is 22.2. The molecule has 1 aliphatic rings. The fourth-order valence-electron chi connectivity index (χ4n) is 3.25. The van der Waals surface area contributed by atoms with E-state index in [1.54, 1.807) is 0 Å². The summed E-state index contributed by atoms with van der Waals surface area (Å²) in [6.07, 6.45) is 4.15. The molecule has 1 aromatic rings. The minimum absolute atomic E-state index is 0.0150. The molecule has 3 atom stereocenters. The lowest BCUT2D eigenvalue weighted by Gasteiger charge is -2.44. The number of hydrogen-bond acceptors (Lipinski definition) is 2. The van der Waals surface area contributed by atoms with E-state index in [4.69, 9.17) is 4.52 Å². The molecule has 0 radical (unpaired) electrons. The van der Waals surface area contributed by atoms with E-state index >= 15 is 0 Å². The van der Waals surface area contributed by atoms with Gasteiger partial charge in [0.15, 0.2) is 0 Å². The molecule has 4 heteroatoms. The summed E-state index contributed by atoms with van der Waals surface area (Å²) in [7, 11) is -2.86. The van der Waals surface area contributed by atoms with E-state index in [0.717, 1.165) is 37.8 Å². The Morgan fingerprint density at radius 2 is 2.00 bits per heavy atom. The zero-order valence-electron chi connectivity index (χ0n) is 14.4. The second kappa shape index (κ2) is 7.77. The van der Waals surface area contributed by atoms with E-state index in [-0.39, 0.29) is 17.8 Å². The summed E-state index contributed by atoms with van der Waals surface area (Å²) in [6.45, 7) is 9.34. The Kier molecular flexibility index (Phi) is 6.26. The summed E-state index contributed by atoms with van der Waals surface area (Å²) >= 11 is 0. The largest absolute Gasteiger partial charge is 0.314 e. The molecular formula is C18H30NO2P. The van der Waals surface area contributed by atoms with Crippen molar-refractivity contribution in [1.29, 1.82) is 0 Å². The Bertz CT molecular complexity index is 503. The molecule has 1 aliphatic heterocycles. The molecule has 124 valence electrons. The summed E-state index contributed by atoms with van der Waals surface area (Å²) in [4.78, 5) is 0. The molecule has 0 bridgehead atoms. The lowest BCUT2D eigenvalue weighted by Crippen LogP contribution is -2.38. The third-order valence-corrected chi connectivity index (χ3v) is 7.84. The van der Waals surface area contributed by atoms with Gasteiger partial charge in [-0.15, -0.1) is 0 Å². The quantitative estimate of drug-likeness (QED) is 0.635. The van der Waals surface area contributed by atoms with Crippen LogP contribution in [-0.4, -0.2) is 23.4 Å². The first kappa shape index (κ1) is 17.7. The van der Waals surface area contributed by atoms with Crippen molar-refractivity contribution in [3.8, 4) is 0 Å². The fraction of sp³-hybridized carbons (Fsp3) is 0.667. The molecule has 0 unspecified atom stereocenters. The maximum atomic E-state index is 13.9. The van der Waals surface area contributed by atoms with Gasteiger partial charge in [0.2, 0.25) is 0 Å². The van der Waals surface area contributed by atoms with Crippen molar-refractivity contribution in [1.82, 2.24) is 4.67 Å². The lowest BCUT2D eigenvalue weighted by atomic mass is 10.1. The van der Waals surface area contributed by atoms with Gasteiger partial charge in [-0.2, -0.15) is 0 Å². The number of nitrogens with zero attached hydrogens (tertiary/aromatic N) is 1. The first-order valence-electron chi connectivity index (χ1n) is 8.59. The minimum Gasteiger partial charge on any atom is -0.314 e. The average molecular weight is 323 g/mol. The standard InChI is InChI=1S/C18H30NO2P/c1-5-6-12-18(17-10-8-7-9-11-17)22(20)19(15(2)3)14-13-16(4)21-22/h7-11,15-16,18H,5-6,12-14H2,1-4H3/t16-,18-,22+/m0/s1. The van der Waals surface area contributed by atoms with E-state index in [1.807, 2.05) is 25.1 Å². The summed E-state index contributed by atoms with van der Waals surface area (Å²) in [6, 6.07) is 10.5. The molecule has 0 amide bonds. The van der Waals surface area contributed by atoms with E-state index in [1.165, 1.54) is 0 Å². The first-order valence-corrected chi connectivity index (χ1v) is 10.2. The zero-order chi connectivity index (χ0) is 16.2. The van der Waals surface area contributed by atoms with Gasteiger partial charge in [-0.1, -0.05) is 50.1 Å². The second-order valence-electron chi connectivity index (χ2n) is 6.59. The molecule has 0 aromatic heterocycles. The molecular weight excluding hydrogens is 293 g/mol. The van der Waals surface area contributed by atoms with Gasteiger partial charge in [-0.3, -0.25) is 4.57 Å². The highest BCUT2D eigenvalue weighted by Crippen LogP contribution is 2.67. The van der Waals surface area contributed by atoms with Crippen LogP contribution < -0.4 is 0 Å². The molecule has 2 rings (SSSR count). The fourth-order valence-corrected chi connectivity index (χ4v) is 6.59. The van der Waals surface area contributed by atoms with Crippen molar-refractivity contribution in [2.45, 2.75) is 71.2 Å². The van der Waals surface area contributed by atoms with Gasteiger partial charge in [0.1, 0.15) is 0 Å². The van der Waals surface area contributed by atoms with Crippen LogP contribution in [0.1, 0.15) is 64.6 Å². The summed E-state index contributed by atoms with van der Waals surface area (Å²) in [5.41, 5.74) is 1.14. The van der Waals surface area contributed by atoms with Crippen LogP contribution in [0.15, 0.2) is 30.3 Å². The number of unbranched alkanes of at least 4 members (excludes halogenated alkanes) is 1. The van der Waals surface area contributed by atoms with Crippen LogP contribution in [0.25, 0.3) is 0 Å². The van der Waals surface area contributed by atoms with E-state index in [2.05, 4.69) is 37.6 Å². The van der Waals surface area contributed by atoms with Crippen LogP contribution >= 0.6 is 7.52 Å². The molecule has 1 saturated heterocycles. The molecule has 0 saturated carbocycles. The molecule has 22 heavy (non-hydrogen) atoms. The zero-order valence-corrected chi connectivity index (χ0v) is 15.3.